The van der Waals surface area contributed by atoms with Gasteiger partial charge in [-0.05, 0) is 23.3 Å². The highest BCUT2D eigenvalue weighted by Gasteiger charge is 2.23. The minimum atomic E-state index is -0.0126. The molecule has 1 aliphatic rings. The monoisotopic (exact) mass is 384 g/mol. The van der Waals surface area contributed by atoms with E-state index in [1.54, 1.807) is 14.2 Å². The molecule has 0 spiro atoms. The van der Waals surface area contributed by atoms with Crippen LogP contribution in [0.2, 0.25) is 0 Å². The van der Waals surface area contributed by atoms with E-state index in [-0.39, 0.29) is 11.9 Å². The molecule has 0 radical (unpaired) electrons. The molecule has 1 atom stereocenters. The highest BCUT2D eigenvalue weighted by Crippen LogP contribution is 2.27. The fourth-order valence-electron chi connectivity index (χ4n) is 3.47. The summed E-state index contributed by atoms with van der Waals surface area (Å²) in [4.78, 5) is 14.9. The molecule has 2 aromatic carbocycles. The number of nitrogens with one attached hydrogen (secondary N) is 1. The Kier molecular flexibility index (Phi) is 7.28. The molecule has 1 N–H and O–H groups in total. The molecule has 6 heteroatoms. The van der Waals surface area contributed by atoms with E-state index >= 15 is 0 Å². The third-order valence-corrected chi connectivity index (χ3v) is 4.98. The van der Waals surface area contributed by atoms with Crippen LogP contribution in [0.15, 0.2) is 48.5 Å². The summed E-state index contributed by atoms with van der Waals surface area (Å²) in [5.74, 6) is 1.27. The third kappa shape index (κ3) is 5.24. The largest absolute Gasteiger partial charge is 0.493 e. The first kappa shape index (κ1) is 20.2. The van der Waals surface area contributed by atoms with Gasteiger partial charge in [-0.1, -0.05) is 36.4 Å². The van der Waals surface area contributed by atoms with Gasteiger partial charge in [-0.15, -0.1) is 0 Å². The molecule has 1 aliphatic heterocycles. The Morgan fingerprint density at radius 2 is 1.79 bits per heavy atom. The summed E-state index contributed by atoms with van der Waals surface area (Å²) in [6.45, 7) is 3.75. The predicted molar refractivity (Wildman–Crippen MR) is 108 cm³/mol. The van der Waals surface area contributed by atoms with Crippen molar-refractivity contribution < 1.29 is 19.0 Å². The van der Waals surface area contributed by atoms with Crippen molar-refractivity contribution in [2.24, 2.45) is 0 Å². The number of rotatable bonds is 8. The summed E-state index contributed by atoms with van der Waals surface area (Å²) in [6.07, 6.45) is 0.297. The zero-order valence-corrected chi connectivity index (χ0v) is 16.5. The lowest BCUT2D eigenvalue weighted by Crippen LogP contribution is -2.44. The number of methoxy groups -OCH3 is 2. The van der Waals surface area contributed by atoms with E-state index < -0.39 is 0 Å². The number of nitrogens with zero attached hydrogens (tertiary/aromatic N) is 1. The summed E-state index contributed by atoms with van der Waals surface area (Å²) in [5, 5.41) is 3.10. The molecule has 3 rings (SSSR count). The predicted octanol–water partition coefficient (Wildman–Crippen LogP) is 2.44. The van der Waals surface area contributed by atoms with Gasteiger partial charge >= 0.3 is 0 Å². The minimum absolute atomic E-state index is 0.0126. The molecule has 150 valence electrons. The molecule has 0 aliphatic carbocycles. The maximum Gasteiger partial charge on any atom is 0.224 e. The quantitative estimate of drug-likeness (QED) is 0.758. The van der Waals surface area contributed by atoms with Crippen molar-refractivity contribution in [2.75, 3.05) is 47.1 Å². The summed E-state index contributed by atoms with van der Waals surface area (Å²) >= 11 is 0. The summed E-state index contributed by atoms with van der Waals surface area (Å²) in [7, 11) is 3.19. The van der Waals surface area contributed by atoms with E-state index in [9.17, 15) is 4.79 Å². The van der Waals surface area contributed by atoms with Crippen LogP contribution in [0.1, 0.15) is 17.2 Å². The molecule has 0 saturated carbocycles. The van der Waals surface area contributed by atoms with Crippen LogP contribution in [-0.2, 0) is 16.0 Å². The third-order valence-electron chi connectivity index (χ3n) is 4.98. The first-order valence-electron chi connectivity index (χ1n) is 9.55. The van der Waals surface area contributed by atoms with Gasteiger partial charge in [0, 0.05) is 19.6 Å². The molecule has 0 aromatic heterocycles. The van der Waals surface area contributed by atoms with Gasteiger partial charge in [0.05, 0.1) is 39.9 Å². The van der Waals surface area contributed by atoms with Crippen molar-refractivity contribution in [2.45, 2.75) is 12.5 Å². The lowest BCUT2D eigenvalue weighted by Gasteiger charge is -2.35. The molecule has 28 heavy (non-hydrogen) atoms. The Hall–Kier alpha value is -2.57. The van der Waals surface area contributed by atoms with Gasteiger partial charge in [0.1, 0.15) is 0 Å². The van der Waals surface area contributed by atoms with Crippen LogP contribution in [0.5, 0.6) is 11.5 Å². The summed E-state index contributed by atoms with van der Waals surface area (Å²) in [6, 6.07) is 16.0. The number of hydrogen-bond acceptors (Lipinski definition) is 5. The minimum Gasteiger partial charge on any atom is -0.493 e. The average Bonchev–Trinajstić information content (AvgIpc) is 2.75. The number of carbonyl (C=O) groups excluding carboxylic acids is 1. The van der Waals surface area contributed by atoms with Crippen molar-refractivity contribution in [3.8, 4) is 11.5 Å². The van der Waals surface area contributed by atoms with Crippen molar-refractivity contribution in [3.05, 3.63) is 59.7 Å². The fourth-order valence-corrected chi connectivity index (χ4v) is 3.47. The van der Waals surface area contributed by atoms with Crippen LogP contribution in [0.4, 0.5) is 0 Å². The van der Waals surface area contributed by atoms with E-state index in [0.29, 0.717) is 24.5 Å². The number of benzene rings is 2. The van der Waals surface area contributed by atoms with Gasteiger partial charge in [0.25, 0.3) is 0 Å². The average molecular weight is 384 g/mol. The van der Waals surface area contributed by atoms with E-state index in [4.69, 9.17) is 14.2 Å². The molecule has 1 fully saturated rings. The smallest absolute Gasteiger partial charge is 0.224 e. The van der Waals surface area contributed by atoms with Gasteiger partial charge in [-0.3, -0.25) is 9.69 Å². The lowest BCUT2D eigenvalue weighted by atomic mass is 10.0. The Balaban J connectivity index is 1.63. The first-order chi connectivity index (χ1) is 13.7. The van der Waals surface area contributed by atoms with Crippen LogP contribution < -0.4 is 14.8 Å². The molecule has 1 amide bonds. The fraction of sp³-hybridized carbons (Fsp3) is 0.409. The standard InChI is InChI=1S/C22H28N2O4/c1-26-20-9-8-17(14-21(20)27-2)15-22(25)23-16-19(18-6-4-3-5-7-18)24-10-12-28-13-11-24/h3-9,14,19H,10-13,15-16H2,1-2H3,(H,23,25). The molecular formula is C22H28N2O4. The van der Waals surface area contributed by atoms with Gasteiger partial charge in [0.2, 0.25) is 5.91 Å². The molecule has 1 unspecified atom stereocenters. The maximum absolute atomic E-state index is 12.6. The topological polar surface area (TPSA) is 60.0 Å². The second-order valence-corrected chi connectivity index (χ2v) is 6.75. The Morgan fingerprint density at radius 3 is 2.46 bits per heavy atom. The van der Waals surface area contributed by atoms with Gasteiger partial charge in [0.15, 0.2) is 11.5 Å². The van der Waals surface area contributed by atoms with Gasteiger partial charge in [-0.25, -0.2) is 0 Å². The number of hydrogen-bond donors (Lipinski definition) is 1. The second-order valence-electron chi connectivity index (χ2n) is 6.75. The summed E-state index contributed by atoms with van der Waals surface area (Å²) < 4.78 is 16.0. The van der Waals surface area contributed by atoms with E-state index in [1.165, 1.54) is 5.56 Å². The van der Waals surface area contributed by atoms with Crippen LogP contribution in [0.25, 0.3) is 0 Å². The summed E-state index contributed by atoms with van der Waals surface area (Å²) in [5.41, 5.74) is 2.09. The normalized spacial score (nSPS) is 15.6. The zero-order chi connectivity index (χ0) is 19.8. The number of ether oxygens (including phenoxy) is 3. The van der Waals surface area contributed by atoms with Crippen LogP contribution in [0.3, 0.4) is 0 Å². The van der Waals surface area contributed by atoms with Crippen molar-refractivity contribution in [1.82, 2.24) is 10.2 Å². The number of amides is 1. The highest BCUT2D eigenvalue weighted by molar-refractivity contribution is 5.78. The zero-order valence-electron chi connectivity index (χ0n) is 16.5. The first-order valence-corrected chi connectivity index (χ1v) is 9.55. The van der Waals surface area contributed by atoms with E-state index in [2.05, 4.69) is 22.3 Å². The van der Waals surface area contributed by atoms with Crippen molar-refractivity contribution >= 4 is 5.91 Å². The number of morpholine rings is 1. The van der Waals surface area contributed by atoms with Crippen molar-refractivity contribution in [3.63, 3.8) is 0 Å². The second kappa shape index (κ2) is 10.1. The van der Waals surface area contributed by atoms with Gasteiger partial charge < -0.3 is 19.5 Å². The molecule has 0 bridgehead atoms. The van der Waals surface area contributed by atoms with Crippen LogP contribution in [-0.4, -0.2) is 57.9 Å². The molecule has 1 saturated heterocycles. The molecule has 1 heterocycles. The maximum atomic E-state index is 12.6. The number of carbonyl (C=O) groups is 1. The van der Waals surface area contributed by atoms with Gasteiger partial charge in [-0.2, -0.15) is 0 Å². The highest BCUT2D eigenvalue weighted by atomic mass is 16.5. The Morgan fingerprint density at radius 1 is 1.07 bits per heavy atom. The van der Waals surface area contributed by atoms with Crippen LogP contribution in [0, 0.1) is 0 Å². The molecule has 2 aromatic rings. The Labute approximate surface area is 166 Å². The molecular weight excluding hydrogens is 356 g/mol. The van der Waals surface area contributed by atoms with Crippen molar-refractivity contribution in [1.29, 1.82) is 0 Å². The van der Waals surface area contributed by atoms with E-state index in [0.717, 1.165) is 31.9 Å². The molecule has 6 nitrogen and oxygen atoms in total. The van der Waals surface area contributed by atoms with E-state index in [1.807, 2.05) is 36.4 Å². The lowest BCUT2D eigenvalue weighted by molar-refractivity contribution is -0.120. The van der Waals surface area contributed by atoms with Crippen LogP contribution >= 0.6 is 0 Å². The Bertz CT molecular complexity index is 760. The SMILES string of the molecule is COc1ccc(CC(=O)NCC(c2ccccc2)N2CCOCC2)cc1OC.